The molecule has 0 aliphatic carbocycles. The number of nitrogens with zero attached hydrogens (tertiary/aromatic N) is 1. The lowest BCUT2D eigenvalue weighted by Crippen LogP contribution is -2.59. The molecule has 0 saturated heterocycles. The number of phenolic OH excluding ortho intramolecular Hbond substituents is 1. The SMILES string of the molecule is CC(C)CC1NC(=O)C(Cc2ccccc2)N(C)C(=O)C(C)NC(=O)c2ccccc2NC(=O)C(Cc2ccc(O)cc2)NC1=O. The Balaban J connectivity index is 1.77. The number of likely N-dealkylation sites (N-methyl/N-ethyl adjacent to an activating group) is 1. The van der Waals surface area contributed by atoms with E-state index in [1.807, 2.05) is 44.2 Å². The second-order valence-electron chi connectivity index (χ2n) is 12.0. The van der Waals surface area contributed by atoms with Crippen molar-refractivity contribution in [3.63, 3.8) is 0 Å². The molecule has 4 atom stereocenters. The molecule has 4 unspecified atom stereocenters. The van der Waals surface area contributed by atoms with E-state index in [1.165, 1.54) is 37.1 Å². The van der Waals surface area contributed by atoms with Gasteiger partial charge < -0.3 is 31.3 Å². The lowest BCUT2D eigenvalue weighted by Gasteiger charge is -2.32. The predicted molar refractivity (Wildman–Crippen MR) is 174 cm³/mol. The molecule has 0 fully saturated rings. The lowest BCUT2D eigenvalue weighted by molar-refractivity contribution is -0.141. The Bertz CT molecular complexity index is 1560. The Hall–Kier alpha value is -5.19. The molecule has 3 aromatic carbocycles. The number of anilines is 1. The molecule has 0 saturated carbocycles. The molecular formula is C35H41N5O6. The van der Waals surface area contributed by atoms with Crippen LogP contribution in [-0.2, 0) is 32.0 Å². The summed E-state index contributed by atoms with van der Waals surface area (Å²) in [6.45, 7) is 5.36. The van der Waals surface area contributed by atoms with Gasteiger partial charge in [0.05, 0.1) is 11.3 Å². The number of hydrogen-bond donors (Lipinski definition) is 5. The van der Waals surface area contributed by atoms with E-state index in [4.69, 9.17) is 0 Å². The molecule has 0 bridgehead atoms. The molecular weight excluding hydrogens is 586 g/mol. The van der Waals surface area contributed by atoms with Crippen molar-refractivity contribution in [3.8, 4) is 5.75 Å². The zero-order valence-electron chi connectivity index (χ0n) is 26.4. The number of fused-ring (bicyclic) bond motifs is 1. The van der Waals surface area contributed by atoms with E-state index in [0.717, 1.165) is 5.56 Å². The van der Waals surface area contributed by atoms with Crippen molar-refractivity contribution >= 4 is 35.2 Å². The van der Waals surface area contributed by atoms with Crippen molar-refractivity contribution < 1.29 is 29.1 Å². The van der Waals surface area contributed by atoms with E-state index in [0.29, 0.717) is 5.56 Å². The number of carbonyl (C=O) groups excluding carboxylic acids is 5. The van der Waals surface area contributed by atoms with Gasteiger partial charge in [-0.1, -0.05) is 68.4 Å². The molecule has 0 radical (unpaired) electrons. The average Bonchev–Trinajstić information content (AvgIpc) is 3.03. The number of nitrogens with one attached hydrogen (secondary N) is 4. The Morgan fingerprint density at radius 3 is 2.00 bits per heavy atom. The maximum absolute atomic E-state index is 13.9. The van der Waals surface area contributed by atoms with Gasteiger partial charge in [0.15, 0.2) is 0 Å². The third kappa shape index (κ3) is 8.71. The Morgan fingerprint density at radius 2 is 1.33 bits per heavy atom. The average molecular weight is 628 g/mol. The molecule has 1 aliphatic heterocycles. The van der Waals surface area contributed by atoms with Crippen molar-refractivity contribution in [2.75, 3.05) is 12.4 Å². The smallest absolute Gasteiger partial charge is 0.254 e. The van der Waals surface area contributed by atoms with Crippen molar-refractivity contribution in [2.45, 2.75) is 64.2 Å². The first kappa shape index (κ1) is 33.7. The van der Waals surface area contributed by atoms with Crippen LogP contribution in [0, 0.1) is 5.92 Å². The number of amides is 5. The highest BCUT2D eigenvalue weighted by molar-refractivity contribution is 6.07. The van der Waals surface area contributed by atoms with Crippen molar-refractivity contribution in [1.29, 1.82) is 0 Å². The zero-order chi connectivity index (χ0) is 33.4. The lowest BCUT2D eigenvalue weighted by atomic mass is 9.99. The van der Waals surface area contributed by atoms with Crippen LogP contribution >= 0.6 is 0 Å². The number of phenols is 1. The van der Waals surface area contributed by atoms with Crippen molar-refractivity contribution in [3.05, 3.63) is 95.6 Å². The fourth-order valence-electron chi connectivity index (χ4n) is 5.37. The van der Waals surface area contributed by atoms with Gasteiger partial charge in [-0.05, 0) is 54.7 Å². The number of aromatic hydroxyl groups is 1. The summed E-state index contributed by atoms with van der Waals surface area (Å²) in [6, 6.07) is 17.7. The molecule has 0 spiro atoms. The summed E-state index contributed by atoms with van der Waals surface area (Å²) < 4.78 is 0. The number of carbonyl (C=O) groups is 5. The second kappa shape index (κ2) is 15.2. The van der Waals surface area contributed by atoms with Gasteiger partial charge in [-0.15, -0.1) is 0 Å². The molecule has 5 N–H and O–H groups in total. The van der Waals surface area contributed by atoms with Crippen LogP contribution in [-0.4, -0.2) is 70.8 Å². The van der Waals surface area contributed by atoms with Gasteiger partial charge in [0, 0.05) is 19.9 Å². The van der Waals surface area contributed by atoms with Crippen LogP contribution in [0.15, 0.2) is 78.9 Å². The zero-order valence-corrected chi connectivity index (χ0v) is 26.4. The number of rotatable bonds is 6. The minimum Gasteiger partial charge on any atom is -0.508 e. The van der Waals surface area contributed by atoms with Gasteiger partial charge >= 0.3 is 0 Å². The first-order valence-corrected chi connectivity index (χ1v) is 15.3. The summed E-state index contributed by atoms with van der Waals surface area (Å²) in [6.07, 6.45) is 0.510. The largest absolute Gasteiger partial charge is 0.508 e. The maximum Gasteiger partial charge on any atom is 0.254 e. The molecule has 46 heavy (non-hydrogen) atoms. The van der Waals surface area contributed by atoms with Gasteiger partial charge in [-0.2, -0.15) is 0 Å². The Morgan fingerprint density at radius 1 is 0.717 bits per heavy atom. The van der Waals surface area contributed by atoms with Crippen LogP contribution in [0.5, 0.6) is 5.75 Å². The van der Waals surface area contributed by atoms with Gasteiger partial charge in [-0.3, -0.25) is 24.0 Å². The van der Waals surface area contributed by atoms with E-state index in [2.05, 4.69) is 21.3 Å². The van der Waals surface area contributed by atoms with Crippen LogP contribution in [0.3, 0.4) is 0 Å². The van der Waals surface area contributed by atoms with Gasteiger partial charge in [-0.25, -0.2) is 0 Å². The summed E-state index contributed by atoms with van der Waals surface area (Å²) in [5.41, 5.74) is 1.79. The Kier molecular flexibility index (Phi) is 11.1. The van der Waals surface area contributed by atoms with Gasteiger partial charge in [0.1, 0.15) is 29.9 Å². The molecule has 3 aromatic rings. The predicted octanol–water partition coefficient (Wildman–Crippen LogP) is 2.79. The maximum atomic E-state index is 13.9. The van der Waals surface area contributed by atoms with E-state index in [1.54, 1.807) is 30.3 Å². The highest BCUT2D eigenvalue weighted by Crippen LogP contribution is 2.19. The number of para-hydroxylation sites is 1. The van der Waals surface area contributed by atoms with E-state index in [-0.39, 0.29) is 42.2 Å². The highest BCUT2D eigenvalue weighted by atomic mass is 16.3. The van der Waals surface area contributed by atoms with E-state index in [9.17, 15) is 29.1 Å². The first-order valence-electron chi connectivity index (χ1n) is 15.3. The molecule has 1 heterocycles. The van der Waals surface area contributed by atoms with Crippen molar-refractivity contribution in [2.24, 2.45) is 5.92 Å². The van der Waals surface area contributed by atoms with Crippen LogP contribution in [0.25, 0.3) is 0 Å². The monoisotopic (exact) mass is 627 g/mol. The topological polar surface area (TPSA) is 157 Å². The third-order valence-corrected chi connectivity index (χ3v) is 7.89. The van der Waals surface area contributed by atoms with Gasteiger partial charge in [0.2, 0.25) is 23.6 Å². The molecule has 4 rings (SSSR count). The number of hydrogen-bond acceptors (Lipinski definition) is 6. The van der Waals surface area contributed by atoms with Crippen LogP contribution in [0.1, 0.15) is 48.7 Å². The van der Waals surface area contributed by atoms with Gasteiger partial charge in [0.25, 0.3) is 5.91 Å². The fraction of sp³-hybridized carbons (Fsp3) is 0.343. The minimum atomic E-state index is -1.10. The molecule has 11 nitrogen and oxygen atoms in total. The highest BCUT2D eigenvalue weighted by Gasteiger charge is 2.35. The quantitative estimate of drug-likeness (QED) is 0.283. The summed E-state index contributed by atoms with van der Waals surface area (Å²) in [5, 5.41) is 20.9. The molecule has 5 amide bonds. The summed E-state index contributed by atoms with van der Waals surface area (Å²) in [5.74, 6) is -2.75. The minimum absolute atomic E-state index is 0.0000625. The number of benzene rings is 3. The summed E-state index contributed by atoms with van der Waals surface area (Å²) in [4.78, 5) is 69.9. The molecule has 0 aromatic heterocycles. The fourth-order valence-corrected chi connectivity index (χ4v) is 5.37. The van der Waals surface area contributed by atoms with Crippen LogP contribution in [0.4, 0.5) is 5.69 Å². The first-order chi connectivity index (χ1) is 21.9. The van der Waals surface area contributed by atoms with Crippen LogP contribution < -0.4 is 21.3 Å². The Labute approximate surface area is 268 Å². The van der Waals surface area contributed by atoms with E-state index < -0.39 is 53.7 Å². The standard InChI is InChI=1S/C35H41N5O6/c1-21(2)18-28-32(43)38-29(19-24-14-16-25(41)17-15-24)33(44)37-27-13-9-8-12-26(27)31(42)36-22(3)35(46)40(4)30(34(45)39-28)20-23-10-6-5-7-11-23/h5-17,21-22,28-30,41H,18-20H2,1-4H3,(H,36,42)(H,37,44)(H,38,43)(H,39,45). The van der Waals surface area contributed by atoms with E-state index >= 15 is 0 Å². The van der Waals surface area contributed by atoms with Crippen LogP contribution in [0.2, 0.25) is 0 Å². The van der Waals surface area contributed by atoms with Crippen molar-refractivity contribution in [1.82, 2.24) is 20.9 Å². The second-order valence-corrected chi connectivity index (χ2v) is 12.0. The molecule has 1 aliphatic rings. The molecule has 11 heteroatoms. The molecule has 242 valence electrons. The normalized spacial score (nSPS) is 21.6. The summed E-state index contributed by atoms with van der Waals surface area (Å²) >= 11 is 0. The third-order valence-electron chi connectivity index (χ3n) is 7.89. The summed E-state index contributed by atoms with van der Waals surface area (Å²) in [7, 11) is 1.50.